The highest BCUT2D eigenvalue weighted by Crippen LogP contribution is 2.20. The Hall–Kier alpha value is -2.23. The average Bonchev–Trinajstić information content (AvgIpc) is 2.76. The van der Waals surface area contributed by atoms with Crippen LogP contribution in [0.25, 0.3) is 0 Å². The van der Waals surface area contributed by atoms with Crippen LogP contribution in [0, 0.1) is 5.82 Å². The summed E-state index contributed by atoms with van der Waals surface area (Å²) in [5.74, 6) is -0.314. The summed E-state index contributed by atoms with van der Waals surface area (Å²) in [7, 11) is 0. The highest BCUT2D eigenvalue weighted by atomic mass is 32.2. The molecular formula is C22H28FN3O3S. The van der Waals surface area contributed by atoms with Crippen molar-refractivity contribution in [3.8, 4) is 0 Å². The fourth-order valence-electron chi connectivity index (χ4n) is 2.52. The molecule has 0 spiro atoms. The first-order valence-corrected chi connectivity index (χ1v) is 10.5. The number of nitrogens with zero attached hydrogens (tertiary/aromatic N) is 1. The van der Waals surface area contributed by atoms with Gasteiger partial charge in [-0.05, 0) is 79.4 Å². The molecule has 5 N–H and O–H groups in total. The molecule has 0 fully saturated rings. The van der Waals surface area contributed by atoms with Crippen molar-refractivity contribution in [2.75, 3.05) is 33.0 Å². The van der Waals surface area contributed by atoms with Gasteiger partial charge in [-0.25, -0.2) is 9.38 Å². The molecule has 0 bridgehead atoms. The lowest BCUT2D eigenvalue weighted by Gasteiger charge is -2.08. The molecule has 162 valence electrons. The lowest BCUT2D eigenvalue weighted by atomic mass is 10.1. The third-order valence-electron chi connectivity index (χ3n) is 4.02. The molecule has 30 heavy (non-hydrogen) atoms. The van der Waals surface area contributed by atoms with Gasteiger partial charge in [-0.15, -0.1) is 0 Å². The van der Waals surface area contributed by atoms with Crippen molar-refractivity contribution in [1.29, 1.82) is 0 Å². The van der Waals surface area contributed by atoms with E-state index in [4.69, 9.17) is 25.5 Å². The number of aliphatic hydroxyl groups excluding tert-OH is 1. The number of ether oxygens (including phenoxy) is 2. The van der Waals surface area contributed by atoms with Crippen molar-refractivity contribution in [3.63, 3.8) is 0 Å². The minimum absolute atomic E-state index is 0.0336. The molecule has 0 heterocycles. The normalized spacial score (nSPS) is 12.4. The average molecular weight is 434 g/mol. The Morgan fingerprint density at radius 1 is 1.00 bits per heavy atom. The van der Waals surface area contributed by atoms with Gasteiger partial charge in [0.25, 0.3) is 0 Å². The standard InChI is InChI=1S/C22H28FN3O3S/c23-18-5-3-17(4-6-18)22(26-20-7-9-21(30-25)10-8-20)15-19(24)16-29-13-2-1-12-28-14-11-27/h3-10,15,27H,1-2,11-14,16,24-25H2/b19-15-,26-22?. The summed E-state index contributed by atoms with van der Waals surface area (Å²) >= 11 is 1.17. The van der Waals surface area contributed by atoms with Gasteiger partial charge in [0.1, 0.15) is 5.82 Å². The summed E-state index contributed by atoms with van der Waals surface area (Å²) in [6, 6.07) is 13.6. The number of hydrogen-bond acceptors (Lipinski definition) is 7. The van der Waals surface area contributed by atoms with E-state index in [9.17, 15) is 4.39 Å². The quantitative estimate of drug-likeness (QED) is 0.254. The van der Waals surface area contributed by atoms with Crippen LogP contribution in [-0.2, 0) is 9.47 Å². The van der Waals surface area contributed by atoms with E-state index >= 15 is 0 Å². The van der Waals surface area contributed by atoms with E-state index in [0.29, 0.717) is 31.2 Å². The summed E-state index contributed by atoms with van der Waals surface area (Å²) in [5, 5.41) is 14.2. The van der Waals surface area contributed by atoms with Gasteiger partial charge in [0.05, 0.1) is 31.2 Å². The second kappa shape index (κ2) is 13.9. The van der Waals surface area contributed by atoms with E-state index in [1.165, 1.54) is 24.1 Å². The number of benzene rings is 2. The van der Waals surface area contributed by atoms with E-state index in [0.717, 1.165) is 29.0 Å². The van der Waals surface area contributed by atoms with Gasteiger partial charge in [0.2, 0.25) is 0 Å². The van der Waals surface area contributed by atoms with Crippen molar-refractivity contribution in [3.05, 3.63) is 71.7 Å². The molecule has 0 radical (unpaired) electrons. The fourth-order valence-corrected chi connectivity index (χ4v) is 2.81. The van der Waals surface area contributed by atoms with Crippen molar-refractivity contribution < 1.29 is 19.0 Å². The Morgan fingerprint density at radius 3 is 2.30 bits per heavy atom. The van der Waals surface area contributed by atoms with E-state index in [2.05, 4.69) is 4.99 Å². The zero-order chi connectivity index (χ0) is 21.6. The van der Waals surface area contributed by atoms with Crippen molar-refractivity contribution >= 4 is 23.3 Å². The lowest BCUT2D eigenvalue weighted by molar-refractivity contribution is 0.0819. The monoisotopic (exact) mass is 433 g/mol. The minimum atomic E-state index is -0.314. The van der Waals surface area contributed by atoms with Crippen molar-refractivity contribution in [2.24, 2.45) is 15.9 Å². The second-order valence-corrected chi connectivity index (χ2v) is 7.14. The first-order chi connectivity index (χ1) is 14.6. The maximum Gasteiger partial charge on any atom is 0.123 e. The predicted molar refractivity (Wildman–Crippen MR) is 119 cm³/mol. The number of unbranched alkanes of at least 4 members (excludes halogenated alkanes) is 1. The number of allylic oxidation sites excluding steroid dienone is 1. The van der Waals surface area contributed by atoms with Crippen LogP contribution in [0.1, 0.15) is 18.4 Å². The van der Waals surface area contributed by atoms with E-state index in [1.54, 1.807) is 18.2 Å². The summed E-state index contributed by atoms with van der Waals surface area (Å²) in [6.45, 7) is 1.80. The topological polar surface area (TPSA) is 103 Å². The molecule has 6 nitrogen and oxygen atoms in total. The molecule has 0 aliphatic heterocycles. The number of aliphatic hydroxyl groups is 1. The largest absolute Gasteiger partial charge is 0.400 e. The number of rotatable bonds is 13. The van der Waals surface area contributed by atoms with Gasteiger partial charge in [0.15, 0.2) is 0 Å². The lowest BCUT2D eigenvalue weighted by Crippen LogP contribution is -2.11. The van der Waals surface area contributed by atoms with Crippen LogP contribution < -0.4 is 10.9 Å². The van der Waals surface area contributed by atoms with E-state index < -0.39 is 0 Å². The van der Waals surface area contributed by atoms with Gasteiger partial charge in [0, 0.05) is 29.4 Å². The summed E-state index contributed by atoms with van der Waals surface area (Å²) < 4.78 is 24.1. The third-order valence-corrected chi connectivity index (χ3v) is 4.56. The van der Waals surface area contributed by atoms with Crippen molar-refractivity contribution in [1.82, 2.24) is 0 Å². The van der Waals surface area contributed by atoms with Gasteiger partial charge in [-0.1, -0.05) is 0 Å². The Morgan fingerprint density at radius 2 is 1.67 bits per heavy atom. The molecule has 2 aromatic rings. The fraction of sp³-hybridized carbons (Fsp3) is 0.318. The van der Waals surface area contributed by atoms with Crippen LogP contribution >= 0.6 is 11.9 Å². The SMILES string of the molecule is NSc1ccc(N=C(/C=C(\N)COCCCCOCCO)c2ccc(F)cc2)cc1. The molecule has 2 rings (SSSR count). The minimum Gasteiger partial charge on any atom is -0.400 e. The Labute approximate surface area is 180 Å². The van der Waals surface area contributed by atoms with E-state index in [-0.39, 0.29) is 19.0 Å². The maximum absolute atomic E-state index is 13.3. The van der Waals surface area contributed by atoms with Crippen LogP contribution in [0.2, 0.25) is 0 Å². The van der Waals surface area contributed by atoms with Crippen LogP contribution in [0.15, 0.2) is 70.2 Å². The van der Waals surface area contributed by atoms with Crippen LogP contribution in [-0.4, -0.2) is 43.9 Å². The summed E-state index contributed by atoms with van der Waals surface area (Å²) in [4.78, 5) is 5.59. The van der Waals surface area contributed by atoms with Gasteiger partial charge in [-0.3, -0.25) is 5.14 Å². The molecule has 0 amide bonds. The number of aliphatic imine (C=N–C) groups is 1. The number of hydrogen-bond donors (Lipinski definition) is 3. The molecule has 0 saturated heterocycles. The molecule has 2 aromatic carbocycles. The number of nitrogens with two attached hydrogens (primary N) is 2. The Balaban J connectivity index is 2.01. The van der Waals surface area contributed by atoms with Crippen LogP contribution in [0.3, 0.4) is 0 Å². The highest BCUT2D eigenvalue weighted by Gasteiger charge is 2.05. The molecule has 0 aliphatic rings. The predicted octanol–water partition coefficient (Wildman–Crippen LogP) is 3.56. The summed E-state index contributed by atoms with van der Waals surface area (Å²) in [5.41, 5.74) is 8.74. The maximum atomic E-state index is 13.3. The van der Waals surface area contributed by atoms with Gasteiger partial charge in [-0.2, -0.15) is 0 Å². The van der Waals surface area contributed by atoms with Crippen molar-refractivity contribution in [2.45, 2.75) is 17.7 Å². The molecule has 0 aromatic heterocycles. The van der Waals surface area contributed by atoms with Gasteiger partial charge >= 0.3 is 0 Å². The molecule has 8 heteroatoms. The van der Waals surface area contributed by atoms with Crippen LogP contribution in [0.4, 0.5) is 10.1 Å². The second-order valence-electron chi connectivity index (χ2n) is 6.43. The molecule has 0 atom stereocenters. The highest BCUT2D eigenvalue weighted by molar-refractivity contribution is 7.97. The third kappa shape index (κ3) is 9.06. The number of halogens is 1. The first-order valence-electron chi connectivity index (χ1n) is 9.66. The first kappa shape index (κ1) is 24.0. The van der Waals surface area contributed by atoms with E-state index in [1.807, 2.05) is 24.3 Å². The molecule has 0 saturated carbocycles. The zero-order valence-electron chi connectivity index (χ0n) is 16.8. The van der Waals surface area contributed by atoms with Gasteiger partial charge < -0.3 is 20.3 Å². The Kier molecular flexibility index (Phi) is 11.1. The smallest absolute Gasteiger partial charge is 0.123 e. The van der Waals surface area contributed by atoms with Crippen LogP contribution in [0.5, 0.6) is 0 Å². The zero-order valence-corrected chi connectivity index (χ0v) is 17.6. The summed E-state index contributed by atoms with van der Waals surface area (Å²) in [6.07, 6.45) is 3.43. The molecule has 0 unspecified atom stereocenters. The molecule has 0 aliphatic carbocycles. The Bertz CT molecular complexity index is 811. The molecular weight excluding hydrogens is 405 g/mol.